The molecule has 0 saturated carbocycles. The van der Waals surface area contributed by atoms with Crippen LogP contribution in [0.25, 0.3) is 11.5 Å². The summed E-state index contributed by atoms with van der Waals surface area (Å²) in [7, 11) is 0. The standard InChI is InChI=1S/C11H13BrN4S/c1-7(2)16-10(14-15-11(16)17-3)8-5-4-6-9(12)13-8/h4-7H,1-3H3. The predicted octanol–water partition coefficient (Wildman–Crippen LogP) is 3.41. The van der Waals surface area contributed by atoms with Crippen LogP contribution in [0.1, 0.15) is 19.9 Å². The molecule has 2 heterocycles. The molecule has 0 aromatic carbocycles. The number of thioether (sulfide) groups is 1. The van der Waals surface area contributed by atoms with Gasteiger partial charge < -0.3 is 0 Å². The lowest BCUT2D eigenvalue weighted by atomic mass is 10.3. The lowest BCUT2D eigenvalue weighted by Crippen LogP contribution is -2.05. The van der Waals surface area contributed by atoms with Gasteiger partial charge in [0.15, 0.2) is 11.0 Å². The Morgan fingerprint density at radius 2 is 2.06 bits per heavy atom. The quantitative estimate of drug-likeness (QED) is 0.643. The molecule has 4 nitrogen and oxygen atoms in total. The van der Waals surface area contributed by atoms with Gasteiger partial charge >= 0.3 is 0 Å². The van der Waals surface area contributed by atoms with Gasteiger partial charge in [-0.25, -0.2) is 4.98 Å². The Kier molecular flexibility index (Phi) is 3.83. The van der Waals surface area contributed by atoms with Crippen molar-refractivity contribution in [2.24, 2.45) is 0 Å². The minimum atomic E-state index is 0.309. The van der Waals surface area contributed by atoms with Gasteiger partial charge in [-0.2, -0.15) is 0 Å². The first kappa shape index (κ1) is 12.6. The van der Waals surface area contributed by atoms with Crippen molar-refractivity contribution >= 4 is 27.7 Å². The molecule has 2 rings (SSSR count). The van der Waals surface area contributed by atoms with E-state index in [1.807, 2.05) is 24.5 Å². The molecule has 0 saturated heterocycles. The Hall–Kier alpha value is -0.880. The van der Waals surface area contributed by atoms with E-state index in [1.54, 1.807) is 11.8 Å². The molecule has 0 fully saturated rings. The van der Waals surface area contributed by atoms with E-state index in [9.17, 15) is 0 Å². The van der Waals surface area contributed by atoms with Gasteiger partial charge in [-0.1, -0.05) is 17.8 Å². The van der Waals surface area contributed by atoms with Crippen LogP contribution in [0.4, 0.5) is 0 Å². The molecule has 17 heavy (non-hydrogen) atoms. The number of nitrogens with zero attached hydrogens (tertiary/aromatic N) is 4. The number of hydrogen-bond donors (Lipinski definition) is 0. The molecule has 0 amide bonds. The van der Waals surface area contributed by atoms with Crippen molar-refractivity contribution < 1.29 is 0 Å². The first-order valence-electron chi connectivity index (χ1n) is 5.25. The SMILES string of the molecule is CSc1nnc(-c2cccc(Br)n2)n1C(C)C. The molecule has 2 aromatic heterocycles. The Morgan fingerprint density at radius 3 is 2.65 bits per heavy atom. The summed E-state index contributed by atoms with van der Waals surface area (Å²) in [5.41, 5.74) is 0.834. The Balaban J connectivity index is 2.56. The van der Waals surface area contributed by atoms with Crippen LogP contribution in [0.5, 0.6) is 0 Å². The number of rotatable bonds is 3. The van der Waals surface area contributed by atoms with Crippen molar-refractivity contribution in [1.82, 2.24) is 19.7 Å². The predicted molar refractivity (Wildman–Crippen MR) is 73.1 cm³/mol. The summed E-state index contributed by atoms with van der Waals surface area (Å²) in [6.07, 6.45) is 2.00. The van der Waals surface area contributed by atoms with Crippen LogP contribution >= 0.6 is 27.7 Å². The van der Waals surface area contributed by atoms with Gasteiger partial charge in [-0.05, 0) is 48.2 Å². The first-order valence-corrected chi connectivity index (χ1v) is 7.27. The van der Waals surface area contributed by atoms with Crippen molar-refractivity contribution in [2.75, 3.05) is 6.26 Å². The summed E-state index contributed by atoms with van der Waals surface area (Å²) in [6, 6.07) is 6.10. The lowest BCUT2D eigenvalue weighted by Gasteiger charge is -2.12. The fourth-order valence-electron chi connectivity index (χ4n) is 1.59. The van der Waals surface area contributed by atoms with Crippen LogP contribution in [0.15, 0.2) is 28.0 Å². The largest absolute Gasteiger partial charge is 0.298 e. The average Bonchev–Trinajstić information content (AvgIpc) is 2.72. The second-order valence-corrected chi connectivity index (χ2v) is 5.41. The third-order valence-electron chi connectivity index (χ3n) is 2.31. The minimum absolute atomic E-state index is 0.309. The number of aromatic nitrogens is 4. The van der Waals surface area contributed by atoms with Crippen molar-refractivity contribution in [1.29, 1.82) is 0 Å². The Bertz CT molecular complexity index is 524. The van der Waals surface area contributed by atoms with Crippen molar-refractivity contribution in [3.05, 3.63) is 22.8 Å². The summed E-state index contributed by atoms with van der Waals surface area (Å²) in [5.74, 6) is 0.811. The number of pyridine rings is 1. The molecule has 0 atom stereocenters. The number of hydrogen-bond acceptors (Lipinski definition) is 4. The third-order valence-corrected chi connectivity index (χ3v) is 3.39. The van der Waals surface area contributed by atoms with E-state index in [0.717, 1.165) is 21.3 Å². The molecule has 0 aliphatic heterocycles. The zero-order valence-corrected chi connectivity index (χ0v) is 12.3. The van der Waals surface area contributed by atoms with Crippen molar-refractivity contribution in [3.63, 3.8) is 0 Å². The van der Waals surface area contributed by atoms with Crippen molar-refractivity contribution in [3.8, 4) is 11.5 Å². The summed E-state index contributed by atoms with van der Waals surface area (Å²) < 4.78 is 2.90. The first-order chi connectivity index (χ1) is 8.13. The normalized spacial score (nSPS) is 11.1. The number of halogens is 1. The summed E-state index contributed by atoms with van der Waals surface area (Å²) in [5, 5.41) is 9.32. The van der Waals surface area contributed by atoms with Gasteiger partial charge in [0.25, 0.3) is 0 Å². The summed E-state index contributed by atoms with van der Waals surface area (Å²) >= 11 is 4.96. The van der Waals surface area contributed by atoms with E-state index in [0.29, 0.717) is 6.04 Å². The van der Waals surface area contributed by atoms with Crippen LogP contribution < -0.4 is 0 Å². The monoisotopic (exact) mass is 312 g/mol. The summed E-state index contributed by atoms with van der Waals surface area (Å²) in [6.45, 7) is 4.23. The molecule has 0 spiro atoms. The van der Waals surface area contributed by atoms with E-state index in [4.69, 9.17) is 0 Å². The molecule has 0 N–H and O–H groups in total. The average molecular weight is 313 g/mol. The lowest BCUT2D eigenvalue weighted by molar-refractivity contribution is 0.554. The summed E-state index contributed by atoms with van der Waals surface area (Å²) in [4.78, 5) is 4.42. The molecule has 0 aliphatic rings. The Labute approximate surface area is 113 Å². The van der Waals surface area contributed by atoms with E-state index < -0.39 is 0 Å². The molecular weight excluding hydrogens is 300 g/mol. The van der Waals surface area contributed by atoms with Gasteiger partial charge in [0, 0.05) is 6.04 Å². The molecule has 6 heteroatoms. The van der Waals surface area contributed by atoms with E-state index in [1.165, 1.54) is 0 Å². The van der Waals surface area contributed by atoms with E-state index >= 15 is 0 Å². The molecule has 0 aliphatic carbocycles. The maximum absolute atomic E-state index is 4.42. The van der Waals surface area contributed by atoms with Gasteiger partial charge in [0.2, 0.25) is 0 Å². The van der Waals surface area contributed by atoms with Gasteiger partial charge in [0.1, 0.15) is 10.3 Å². The maximum atomic E-state index is 4.42. The molecule has 0 radical (unpaired) electrons. The zero-order valence-electron chi connectivity index (χ0n) is 9.88. The highest BCUT2D eigenvalue weighted by Gasteiger charge is 2.16. The second kappa shape index (κ2) is 5.18. The van der Waals surface area contributed by atoms with Gasteiger partial charge in [-0.3, -0.25) is 4.57 Å². The molecule has 0 unspecified atom stereocenters. The molecular formula is C11H13BrN4S. The molecule has 2 aromatic rings. The molecule has 90 valence electrons. The van der Waals surface area contributed by atoms with E-state index in [-0.39, 0.29) is 0 Å². The highest BCUT2D eigenvalue weighted by atomic mass is 79.9. The smallest absolute Gasteiger partial charge is 0.191 e. The minimum Gasteiger partial charge on any atom is -0.298 e. The van der Waals surface area contributed by atoms with Crippen LogP contribution in [-0.2, 0) is 0 Å². The second-order valence-electron chi connectivity index (χ2n) is 3.82. The zero-order chi connectivity index (χ0) is 12.4. The van der Waals surface area contributed by atoms with Gasteiger partial charge in [-0.15, -0.1) is 10.2 Å². The fraction of sp³-hybridized carbons (Fsp3) is 0.364. The van der Waals surface area contributed by atoms with Crippen molar-refractivity contribution in [2.45, 2.75) is 25.0 Å². The van der Waals surface area contributed by atoms with Gasteiger partial charge in [0.05, 0.1) is 0 Å². The highest BCUT2D eigenvalue weighted by molar-refractivity contribution is 9.10. The van der Waals surface area contributed by atoms with Crippen LogP contribution in [0, 0.1) is 0 Å². The third kappa shape index (κ3) is 2.52. The fourth-order valence-corrected chi connectivity index (χ4v) is 2.55. The van der Waals surface area contributed by atoms with Crippen LogP contribution in [0.3, 0.4) is 0 Å². The van der Waals surface area contributed by atoms with Crippen LogP contribution in [0.2, 0.25) is 0 Å². The van der Waals surface area contributed by atoms with Crippen LogP contribution in [-0.4, -0.2) is 26.0 Å². The topological polar surface area (TPSA) is 43.6 Å². The highest BCUT2D eigenvalue weighted by Crippen LogP contribution is 2.25. The van der Waals surface area contributed by atoms with E-state index in [2.05, 4.69) is 49.5 Å². The molecule has 0 bridgehead atoms. The maximum Gasteiger partial charge on any atom is 0.191 e. The Morgan fingerprint density at radius 1 is 1.29 bits per heavy atom.